The van der Waals surface area contributed by atoms with Crippen LogP contribution in [0.1, 0.15) is 19.3 Å². The minimum absolute atomic E-state index is 0.192. The van der Waals surface area contributed by atoms with Crippen LogP contribution in [0.2, 0.25) is 0 Å². The first-order valence-electron chi connectivity index (χ1n) is 4.70. The zero-order valence-electron chi connectivity index (χ0n) is 8.86. The van der Waals surface area contributed by atoms with Crippen molar-refractivity contribution in [3.8, 4) is 0 Å². The van der Waals surface area contributed by atoms with Crippen LogP contribution in [0.4, 0.5) is 0 Å². The molecule has 0 aliphatic rings. The number of unbranched alkanes of at least 4 members (excludes halogenated alkanes) is 2. The molecule has 0 heterocycles. The van der Waals surface area contributed by atoms with Gasteiger partial charge >= 0.3 is 0 Å². The van der Waals surface area contributed by atoms with Crippen molar-refractivity contribution in [1.29, 1.82) is 0 Å². The fraction of sp³-hybridized carbons (Fsp3) is 0.667. The van der Waals surface area contributed by atoms with Crippen molar-refractivity contribution < 1.29 is 17.4 Å². The standard InChI is InChI=1S/C9H17NO4S/c1-3-9(11)10-7-5-4-6-8-14-15(2,12)13/h3H,1,4-8H2,2H3,(H,10,11). The lowest BCUT2D eigenvalue weighted by molar-refractivity contribution is -0.116. The summed E-state index contributed by atoms with van der Waals surface area (Å²) >= 11 is 0. The van der Waals surface area contributed by atoms with E-state index in [4.69, 9.17) is 0 Å². The first-order valence-corrected chi connectivity index (χ1v) is 6.52. The molecule has 1 amide bonds. The van der Waals surface area contributed by atoms with Gasteiger partial charge < -0.3 is 5.32 Å². The Labute approximate surface area is 90.6 Å². The molecule has 0 unspecified atom stereocenters. The Kier molecular flexibility index (Phi) is 6.98. The number of amides is 1. The monoisotopic (exact) mass is 235 g/mol. The van der Waals surface area contributed by atoms with Crippen molar-refractivity contribution in [1.82, 2.24) is 5.32 Å². The van der Waals surface area contributed by atoms with Crippen LogP contribution in [0, 0.1) is 0 Å². The zero-order chi connectivity index (χ0) is 11.7. The van der Waals surface area contributed by atoms with Gasteiger partial charge in [-0.2, -0.15) is 8.42 Å². The maximum absolute atomic E-state index is 10.7. The van der Waals surface area contributed by atoms with E-state index >= 15 is 0 Å². The molecule has 0 spiro atoms. The number of hydrogen-bond acceptors (Lipinski definition) is 4. The third kappa shape index (κ3) is 11.0. The van der Waals surface area contributed by atoms with Crippen LogP contribution in [-0.4, -0.2) is 33.7 Å². The van der Waals surface area contributed by atoms with E-state index < -0.39 is 10.1 Å². The Morgan fingerprint density at radius 2 is 2.07 bits per heavy atom. The van der Waals surface area contributed by atoms with Crippen molar-refractivity contribution in [2.45, 2.75) is 19.3 Å². The Morgan fingerprint density at radius 1 is 1.40 bits per heavy atom. The van der Waals surface area contributed by atoms with Gasteiger partial charge in [0.1, 0.15) is 0 Å². The molecule has 0 bridgehead atoms. The maximum Gasteiger partial charge on any atom is 0.264 e. The van der Waals surface area contributed by atoms with Crippen molar-refractivity contribution >= 4 is 16.0 Å². The summed E-state index contributed by atoms with van der Waals surface area (Å²) in [6.07, 6.45) is 4.51. The second-order valence-corrected chi connectivity index (χ2v) is 4.73. The van der Waals surface area contributed by atoms with E-state index in [-0.39, 0.29) is 12.5 Å². The fourth-order valence-electron chi connectivity index (χ4n) is 0.898. The van der Waals surface area contributed by atoms with Crippen LogP contribution in [0.15, 0.2) is 12.7 Å². The van der Waals surface area contributed by atoms with Gasteiger partial charge in [0.15, 0.2) is 0 Å². The van der Waals surface area contributed by atoms with E-state index in [2.05, 4.69) is 16.1 Å². The lowest BCUT2D eigenvalue weighted by Gasteiger charge is -2.02. The molecule has 6 heteroatoms. The predicted octanol–water partition coefficient (Wildman–Crippen LogP) is 0.435. The molecule has 0 atom stereocenters. The minimum atomic E-state index is -3.32. The smallest absolute Gasteiger partial charge is 0.264 e. The number of rotatable bonds is 8. The average Bonchev–Trinajstić information content (AvgIpc) is 2.14. The minimum Gasteiger partial charge on any atom is -0.353 e. The van der Waals surface area contributed by atoms with Crippen molar-refractivity contribution in [2.75, 3.05) is 19.4 Å². The molecule has 0 aliphatic carbocycles. The third-order valence-corrected chi connectivity index (χ3v) is 2.20. The van der Waals surface area contributed by atoms with E-state index in [9.17, 15) is 13.2 Å². The first-order chi connectivity index (χ1) is 6.95. The van der Waals surface area contributed by atoms with Gasteiger partial charge in [-0.15, -0.1) is 0 Å². The molecular formula is C9H17NO4S. The highest BCUT2D eigenvalue weighted by Gasteiger charge is 2.00. The fourth-order valence-corrected chi connectivity index (χ4v) is 1.32. The molecular weight excluding hydrogens is 218 g/mol. The maximum atomic E-state index is 10.7. The third-order valence-electron chi connectivity index (χ3n) is 1.60. The highest BCUT2D eigenvalue weighted by Crippen LogP contribution is 1.97. The lowest BCUT2D eigenvalue weighted by atomic mass is 10.2. The molecule has 0 aromatic heterocycles. The Bertz CT molecular complexity index is 297. The normalized spacial score (nSPS) is 11.0. The number of nitrogens with one attached hydrogen (secondary N) is 1. The van der Waals surface area contributed by atoms with Crippen molar-refractivity contribution in [3.63, 3.8) is 0 Å². The van der Waals surface area contributed by atoms with Crippen molar-refractivity contribution in [2.24, 2.45) is 0 Å². The summed E-state index contributed by atoms with van der Waals surface area (Å²) in [5, 5.41) is 2.62. The van der Waals surface area contributed by atoms with Crippen LogP contribution in [0.5, 0.6) is 0 Å². The zero-order valence-corrected chi connectivity index (χ0v) is 9.68. The Balaban J connectivity index is 3.26. The van der Waals surface area contributed by atoms with Gasteiger partial charge in [0.2, 0.25) is 5.91 Å². The van der Waals surface area contributed by atoms with E-state index in [0.29, 0.717) is 13.0 Å². The van der Waals surface area contributed by atoms with Crippen LogP contribution >= 0.6 is 0 Å². The summed E-state index contributed by atoms with van der Waals surface area (Å²) in [4.78, 5) is 10.7. The summed E-state index contributed by atoms with van der Waals surface area (Å²) in [5.41, 5.74) is 0. The first kappa shape index (κ1) is 14.1. The second kappa shape index (κ2) is 7.42. The van der Waals surface area contributed by atoms with Gasteiger partial charge in [0.05, 0.1) is 12.9 Å². The van der Waals surface area contributed by atoms with E-state index in [1.807, 2.05) is 0 Å². The molecule has 0 aromatic carbocycles. The van der Waals surface area contributed by atoms with Gasteiger partial charge in [0, 0.05) is 6.54 Å². The Morgan fingerprint density at radius 3 is 2.60 bits per heavy atom. The highest BCUT2D eigenvalue weighted by molar-refractivity contribution is 7.85. The van der Waals surface area contributed by atoms with Gasteiger partial charge in [-0.3, -0.25) is 8.98 Å². The molecule has 15 heavy (non-hydrogen) atoms. The highest BCUT2D eigenvalue weighted by atomic mass is 32.2. The Hall–Kier alpha value is -0.880. The summed E-state index contributed by atoms with van der Waals surface area (Å²) < 4.78 is 25.7. The quantitative estimate of drug-likeness (QED) is 0.376. The SMILES string of the molecule is C=CC(=O)NCCCCCOS(C)(=O)=O. The van der Waals surface area contributed by atoms with Crippen LogP contribution in [0.3, 0.4) is 0 Å². The predicted molar refractivity (Wildman–Crippen MR) is 57.9 cm³/mol. The van der Waals surface area contributed by atoms with Crippen molar-refractivity contribution in [3.05, 3.63) is 12.7 Å². The van der Waals surface area contributed by atoms with Crippen LogP contribution in [-0.2, 0) is 19.1 Å². The van der Waals surface area contributed by atoms with E-state index in [1.165, 1.54) is 6.08 Å². The van der Waals surface area contributed by atoms with Gasteiger partial charge in [-0.1, -0.05) is 6.58 Å². The van der Waals surface area contributed by atoms with Gasteiger partial charge in [-0.05, 0) is 25.3 Å². The van der Waals surface area contributed by atoms with Gasteiger partial charge in [0.25, 0.3) is 10.1 Å². The molecule has 0 saturated heterocycles. The summed E-state index contributed by atoms with van der Waals surface area (Å²) in [6.45, 7) is 4.09. The van der Waals surface area contributed by atoms with Crippen LogP contribution in [0.25, 0.3) is 0 Å². The number of carbonyl (C=O) groups is 1. The van der Waals surface area contributed by atoms with Crippen LogP contribution < -0.4 is 5.32 Å². The lowest BCUT2D eigenvalue weighted by Crippen LogP contribution is -2.21. The summed E-state index contributed by atoms with van der Waals surface area (Å²) in [6, 6.07) is 0. The topological polar surface area (TPSA) is 72.5 Å². The molecule has 0 fully saturated rings. The molecule has 0 aliphatic heterocycles. The molecule has 0 saturated carbocycles. The molecule has 88 valence electrons. The molecule has 1 N–H and O–H groups in total. The molecule has 0 aromatic rings. The molecule has 0 radical (unpaired) electrons. The molecule has 5 nitrogen and oxygen atoms in total. The van der Waals surface area contributed by atoms with E-state index in [0.717, 1.165) is 19.1 Å². The van der Waals surface area contributed by atoms with Gasteiger partial charge in [-0.25, -0.2) is 0 Å². The largest absolute Gasteiger partial charge is 0.353 e. The summed E-state index contributed by atoms with van der Waals surface area (Å²) in [7, 11) is -3.32. The summed E-state index contributed by atoms with van der Waals surface area (Å²) in [5.74, 6) is -0.192. The van der Waals surface area contributed by atoms with E-state index in [1.54, 1.807) is 0 Å². The number of hydrogen-bond donors (Lipinski definition) is 1. The second-order valence-electron chi connectivity index (χ2n) is 3.08. The average molecular weight is 235 g/mol. The molecule has 0 rings (SSSR count). The number of carbonyl (C=O) groups excluding carboxylic acids is 1.